The van der Waals surface area contributed by atoms with E-state index in [0.717, 1.165) is 17.8 Å². The number of carboxylic acids is 1. The van der Waals surface area contributed by atoms with E-state index in [9.17, 15) is 9.90 Å². The maximum absolute atomic E-state index is 11.6. The molecule has 0 saturated heterocycles. The van der Waals surface area contributed by atoms with Gasteiger partial charge in [0.2, 0.25) is 0 Å². The summed E-state index contributed by atoms with van der Waals surface area (Å²) in [6, 6.07) is 0. The van der Waals surface area contributed by atoms with Gasteiger partial charge in [-0.15, -0.1) is 5.10 Å². The fourth-order valence-corrected chi connectivity index (χ4v) is 3.09. The summed E-state index contributed by atoms with van der Waals surface area (Å²) in [5.74, 6) is -0.519. The number of anilines is 1. The summed E-state index contributed by atoms with van der Waals surface area (Å²) in [6.07, 6.45) is 5.79. The number of aromatic nitrogens is 2. The van der Waals surface area contributed by atoms with Gasteiger partial charge in [-0.25, -0.2) is 4.79 Å². The number of aromatic carboxylic acids is 1. The van der Waals surface area contributed by atoms with E-state index in [1.54, 1.807) is 0 Å². The van der Waals surface area contributed by atoms with Gasteiger partial charge in [-0.3, -0.25) is 0 Å². The quantitative estimate of drug-likeness (QED) is 0.805. The normalized spacial score (nSPS) is 15.9. The third kappa shape index (κ3) is 2.90. The molecule has 5 nitrogen and oxygen atoms in total. The summed E-state index contributed by atoms with van der Waals surface area (Å²) in [5, 5.41) is 21.0. The van der Waals surface area contributed by atoms with Gasteiger partial charge in [0.05, 0.1) is 5.69 Å². The Balaban J connectivity index is 2.30. The SMILES string of the molecule is CCc1nnc(NCC2(SC)CC2)c(C(=O)O)c1CC. The molecule has 1 heterocycles. The zero-order valence-corrected chi connectivity index (χ0v) is 13.0. The highest BCUT2D eigenvalue weighted by Gasteiger charge is 2.42. The zero-order valence-electron chi connectivity index (χ0n) is 12.2. The van der Waals surface area contributed by atoms with Gasteiger partial charge in [-0.05, 0) is 37.5 Å². The summed E-state index contributed by atoms with van der Waals surface area (Å²) in [4.78, 5) is 11.6. The van der Waals surface area contributed by atoms with Crippen molar-refractivity contribution in [1.82, 2.24) is 10.2 Å². The Morgan fingerprint density at radius 1 is 1.35 bits per heavy atom. The first-order valence-corrected chi connectivity index (χ1v) is 8.20. The van der Waals surface area contributed by atoms with Crippen molar-refractivity contribution in [3.05, 3.63) is 16.8 Å². The summed E-state index contributed by atoms with van der Waals surface area (Å²) in [5.41, 5.74) is 1.87. The number of nitrogens with one attached hydrogen (secondary N) is 1. The fourth-order valence-electron chi connectivity index (χ4n) is 2.36. The van der Waals surface area contributed by atoms with Crippen molar-refractivity contribution in [2.75, 3.05) is 18.1 Å². The number of rotatable bonds is 7. The minimum Gasteiger partial charge on any atom is -0.478 e. The van der Waals surface area contributed by atoms with Crippen molar-refractivity contribution >= 4 is 23.5 Å². The van der Waals surface area contributed by atoms with Crippen molar-refractivity contribution in [2.24, 2.45) is 0 Å². The molecule has 2 rings (SSSR count). The van der Waals surface area contributed by atoms with Crippen LogP contribution in [0.15, 0.2) is 0 Å². The van der Waals surface area contributed by atoms with Gasteiger partial charge < -0.3 is 10.4 Å². The number of hydrogen-bond donors (Lipinski definition) is 2. The lowest BCUT2D eigenvalue weighted by Gasteiger charge is -2.17. The van der Waals surface area contributed by atoms with Crippen LogP contribution < -0.4 is 5.32 Å². The number of nitrogens with zero attached hydrogens (tertiary/aromatic N) is 2. The van der Waals surface area contributed by atoms with Crippen LogP contribution in [-0.2, 0) is 12.8 Å². The molecule has 1 fully saturated rings. The highest BCUT2D eigenvalue weighted by atomic mass is 32.2. The van der Waals surface area contributed by atoms with E-state index in [1.165, 1.54) is 12.8 Å². The molecule has 0 aromatic carbocycles. The largest absolute Gasteiger partial charge is 0.478 e. The molecule has 20 heavy (non-hydrogen) atoms. The van der Waals surface area contributed by atoms with Crippen LogP contribution >= 0.6 is 11.8 Å². The van der Waals surface area contributed by atoms with Crippen LogP contribution in [0, 0.1) is 0 Å². The van der Waals surface area contributed by atoms with Crippen LogP contribution in [0.1, 0.15) is 48.3 Å². The van der Waals surface area contributed by atoms with Crippen molar-refractivity contribution < 1.29 is 9.90 Å². The molecule has 0 unspecified atom stereocenters. The van der Waals surface area contributed by atoms with Crippen molar-refractivity contribution in [1.29, 1.82) is 0 Å². The Kier molecular flexibility index (Phi) is 4.52. The summed E-state index contributed by atoms with van der Waals surface area (Å²) >= 11 is 1.83. The standard InChI is InChI=1S/C14H21N3O2S/c1-4-9-10(5-2)16-17-12(11(9)13(18)19)15-8-14(20-3)6-7-14/h4-8H2,1-3H3,(H,15,17)(H,18,19). The van der Waals surface area contributed by atoms with Gasteiger partial charge in [0.1, 0.15) is 5.56 Å². The lowest BCUT2D eigenvalue weighted by atomic mass is 10.0. The second-order valence-corrected chi connectivity index (χ2v) is 6.38. The van der Waals surface area contributed by atoms with Crippen LogP contribution in [0.25, 0.3) is 0 Å². The number of thioether (sulfide) groups is 1. The number of carboxylic acid groups (broad SMARTS) is 1. The minimum atomic E-state index is -0.928. The number of aryl methyl sites for hydroxylation is 1. The second kappa shape index (κ2) is 5.99. The molecule has 0 aliphatic heterocycles. The van der Waals surface area contributed by atoms with Gasteiger partial charge in [0.25, 0.3) is 0 Å². The maximum Gasteiger partial charge on any atom is 0.339 e. The fraction of sp³-hybridized carbons (Fsp3) is 0.643. The molecule has 0 radical (unpaired) electrons. The van der Waals surface area contributed by atoms with E-state index in [0.29, 0.717) is 18.7 Å². The Bertz CT molecular complexity index is 515. The van der Waals surface area contributed by atoms with Gasteiger partial charge in [-0.1, -0.05) is 13.8 Å². The summed E-state index contributed by atoms with van der Waals surface area (Å²) in [7, 11) is 0. The van der Waals surface area contributed by atoms with Crippen LogP contribution in [0.5, 0.6) is 0 Å². The molecule has 1 aliphatic carbocycles. The minimum absolute atomic E-state index is 0.257. The summed E-state index contributed by atoms with van der Waals surface area (Å²) in [6.45, 7) is 4.67. The van der Waals surface area contributed by atoms with Gasteiger partial charge in [-0.2, -0.15) is 16.9 Å². The van der Waals surface area contributed by atoms with E-state index in [1.807, 2.05) is 25.6 Å². The molecule has 2 N–H and O–H groups in total. The molecule has 110 valence electrons. The maximum atomic E-state index is 11.6. The van der Waals surface area contributed by atoms with E-state index in [2.05, 4.69) is 21.8 Å². The molecule has 1 aromatic heterocycles. The third-order valence-electron chi connectivity index (χ3n) is 3.88. The molecular formula is C14H21N3O2S. The predicted molar refractivity (Wildman–Crippen MR) is 81.7 cm³/mol. The summed E-state index contributed by atoms with van der Waals surface area (Å²) < 4.78 is 0.257. The van der Waals surface area contributed by atoms with Crippen LogP contribution in [0.2, 0.25) is 0 Å². The highest BCUT2D eigenvalue weighted by molar-refractivity contribution is 8.00. The number of hydrogen-bond acceptors (Lipinski definition) is 5. The average Bonchev–Trinajstić information content (AvgIpc) is 3.24. The molecular weight excluding hydrogens is 274 g/mol. The third-order valence-corrected chi connectivity index (χ3v) is 5.30. The lowest BCUT2D eigenvalue weighted by Crippen LogP contribution is -2.22. The van der Waals surface area contributed by atoms with E-state index in [4.69, 9.17) is 0 Å². The monoisotopic (exact) mass is 295 g/mol. The molecule has 1 saturated carbocycles. The van der Waals surface area contributed by atoms with Crippen molar-refractivity contribution in [3.63, 3.8) is 0 Å². The smallest absolute Gasteiger partial charge is 0.339 e. The van der Waals surface area contributed by atoms with E-state index >= 15 is 0 Å². The molecule has 0 amide bonds. The lowest BCUT2D eigenvalue weighted by molar-refractivity contribution is 0.0696. The highest BCUT2D eigenvalue weighted by Crippen LogP contribution is 2.47. The zero-order chi connectivity index (χ0) is 14.8. The van der Waals surface area contributed by atoms with E-state index < -0.39 is 5.97 Å². The Labute approximate surface area is 123 Å². The van der Waals surface area contributed by atoms with Crippen molar-refractivity contribution in [3.8, 4) is 0 Å². The molecule has 1 aliphatic rings. The topological polar surface area (TPSA) is 75.1 Å². The first-order valence-electron chi connectivity index (χ1n) is 6.97. The Hall–Kier alpha value is -1.30. The Morgan fingerprint density at radius 3 is 2.50 bits per heavy atom. The second-order valence-electron chi connectivity index (χ2n) is 5.10. The van der Waals surface area contributed by atoms with Gasteiger partial charge in [0.15, 0.2) is 5.82 Å². The van der Waals surface area contributed by atoms with Gasteiger partial charge >= 0.3 is 5.97 Å². The van der Waals surface area contributed by atoms with Crippen LogP contribution in [0.3, 0.4) is 0 Å². The van der Waals surface area contributed by atoms with Gasteiger partial charge in [0, 0.05) is 11.3 Å². The number of carbonyl (C=O) groups is 1. The molecule has 0 spiro atoms. The first-order chi connectivity index (χ1) is 9.56. The van der Waals surface area contributed by atoms with Crippen LogP contribution in [0.4, 0.5) is 5.82 Å². The average molecular weight is 295 g/mol. The molecule has 6 heteroatoms. The Morgan fingerprint density at radius 2 is 2.05 bits per heavy atom. The molecule has 0 bridgehead atoms. The first kappa shape index (κ1) is 15.1. The molecule has 1 aromatic rings. The van der Waals surface area contributed by atoms with Crippen LogP contribution in [-0.4, -0.2) is 38.8 Å². The molecule has 0 atom stereocenters. The van der Waals surface area contributed by atoms with Crippen molar-refractivity contribution in [2.45, 2.75) is 44.3 Å². The predicted octanol–water partition coefficient (Wildman–Crippen LogP) is 2.61. The van der Waals surface area contributed by atoms with E-state index in [-0.39, 0.29) is 10.3 Å².